The summed E-state index contributed by atoms with van der Waals surface area (Å²) < 4.78 is 5.22. The van der Waals surface area contributed by atoms with Gasteiger partial charge in [-0.2, -0.15) is 5.01 Å². The number of carbonyl (C=O) groups is 2. The standard InChI is InChI=1S/C13H15N3O3S/c14-7-3-4-8-19-13(20)15-16-11(17)9-5-1-2-6-10(9)12(16)18/h1-2,5-6H,3-4,7-8,14H2,(H,15,20). The minimum atomic E-state index is -0.432. The summed E-state index contributed by atoms with van der Waals surface area (Å²) in [6, 6.07) is 6.61. The van der Waals surface area contributed by atoms with Crippen LogP contribution in [-0.4, -0.2) is 35.1 Å². The van der Waals surface area contributed by atoms with E-state index in [1.165, 1.54) is 0 Å². The predicted molar refractivity (Wildman–Crippen MR) is 76.9 cm³/mol. The molecule has 2 rings (SSSR count). The summed E-state index contributed by atoms with van der Waals surface area (Å²) in [4.78, 5) is 24.1. The highest BCUT2D eigenvalue weighted by Crippen LogP contribution is 2.20. The summed E-state index contributed by atoms with van der Waals surface area (Å²) in [6.45, 7) is 0.980. The highest BCUT2D eigenvalue weighted by atomic mass is 32.1. The molecule has 3 N–H and O–H groups in total. The van der Waals surface area contributed by atoms with E-state index in [0.29, 0.717) is 24.3 Å². The third-order valence-corrected chi connectivity index (χ3v) is 3.04. The Balaban J connectivity index is 1.93. The molecule has 1 aliphatic rings. The number of nitrogens with one attached hydrogen (secondary N) is 1. The molecule has 0 saturated heterocycles. The van der Waals surface area contributed by atoms with Gasteiger partial charge in [0.25, 0.3) is 17.0 Å². The Kier molecular flexibility index (Phi) is 4.65. The zero-order valence-corrected chi connectivity index (χ0v) is 11.6. The zero-order valence-electron chi connectivity index (χ0n) is 10.8. The van der Waals surface area contributed by atoms with Crippen molar-refractivity contribution in [3.05, 3.63) is 35.4 Å². The van der Waals surface area contributed by atoms with Gasteiger partial charge in [-0.25, -0.2) is 5.43 Å². The van der Waals surface area contributed by atoms with Gasteiger partial charge in [-0.15, -0.1) is 0 Å². The van der Waals surface area contributed by atoms with E-state index in [2.05, 4.69) is 5.43 Å². The van der Waals surface area contributed by atoms with Crippen LogP contribution in [0.15, 0.2) is 24.3 Å². The number of benzene rings is 1. The maximum absolute atomic E-state index is 12.0. The fraction of sp³-hybridized carbons (Fsp3) is 0.308. The van der Waals surface area contributed by atoms with E-state index in [-0.39, 0.29) is 5.17 Å². The molecule has 7 heteroatoms. The number of thiocarbonyl (C=S) groups is 1. The molecule has 2 amide bonds. The van der Waals surface area contributed by atoms with Crippen molar-refractivity contribution >= 4 is 29.2 Å². The van der Waals surface area contributed by atoms with Gasteiger partial charge < -0.3 is 10.5 Å². The van der Waals surface area contributed by atoms with Crippen molar-refractivity contribution in [2.75, 3.05) is 13.2 Å². The highest BCUT2D eigenvalue weighted by Gasteiger charge is 2.36. The van der Waals surface area contributed by atoms with Crippen LogP contribution in [0.1, 0.15) is 33.6 Å². The molecule has 20 heavy (non-hydrogen) atoms. The van der Waals surface area contributed by atoms with Crippen molar-refractivity contribution in [1.82, 2.24) is 10.4 Å². The van der Waals surface area contributed by atoms with Gasteiger partial charge in [0.2, 0.25) is 0 Å². The molecule has 0 atom stereocenters. The van der Waals surface area contributed by atoms with Crippen molar-refractivity contribution in [3.8, 4) is 0 Å². The Morgan fingerprint density at radius 3 is 2.35 bits per heavy atom. The van der Waals surface area contributed by atoms with Crippen LogP contribution in [0.3, 0.4) is 0 Å². The molecule has 0 spiro atoms. The number of nitrogens with two attached hydrogens (primary N) is 1. The fourth-order valence-electron chi connectivity index (χ4n) is 1.83. The lowest BCUT2D eigenvalue weighted by Crippen LogP contribution is -2.46. The van der Waals surface area contributed by atoms with Crippen LogP contribution in [0.25, 0.3) is 0 Å². The van der Waals surface area contributed by atoms with Gasteiger partial charge in [-0.05, 0) is 43.7 Å². The number of amides is 2. The molecule has 0 unspecified atom stereocenters. The van der Waals surface area contributed by atoms with E-state index in [1.54, 1.807) is 24.3 Å². The first kappa shape index (κ1) is 14.4. The van der Waals surface area contributed by atoms with Gasteiger partial charge >= 0.3 is 0 Å². The van der Waals surface area contributed by atoms with Crippen LogP contribution >= 0.6 is 12.2 Å². The average molecular weight is 293 g/mol. The Morgan fingerprint density at radius 2 is 1.80 bits per heavy atom. The lowest BCUT2D eigenvalue weighted by atomic mass is 10.1. The van der Waals surface area contributed by atoms with Gasteiger partial charge in [-0.1, -0.05) is 12.1 Å². The number of nitrogens with zero attached hydrogens (tertiary/aromatic N) is 1. The monoisotopic (exact) mass is 293 g/mol. The van der Waals surface area contributed by atoms with Gasteiger partial charge in [0, 0.05) is 0 Å². The summed E-state index contributed by atoms with van der Waals surface area (Å²) in [5, 5.41) is 0.868. The number of ether oxygens (including phenoxy) is 1. The number of hydrazine groups is 1. The Morgan fingerprint density at radius 1 is 1.20 bits per heavy atom. The highest BCUT2D eigenvalue weighted by molar-refractivity contribution is 7.80. The van der Waals surface area contributed by atoms with Crippen LogP contribution in [0.2, 0.25) is 0 Å². The molecule has 1 aliphatic heterocycles. The second-order valence-corrected chi connectivity index (χ2v) is 4.61. The van der Waals surface area contributed by atoms with Gasteiger partial charge in [0.1, 0.15) is 0 Å². The van der Waals surface area contributed by atoms with Gasteiger partial charge in [-0.3, -0.25) is 9.59 Å². The van der Waals surface area contributed by atoms with Crippen LogP contribution in [0.5, 0.6) is 0 Å². The molecule has 1 aromatic rings. The van der Waals surface area contributed by atoms with Crippen LogP contribution in [0, 0.1) is 0 Å². The SMILES string of the molecule is NCCCCOC(=S)NN1C(=O)c2ccccc2C1=O. The first-order chi connectivity index (χ1) is 9.65. The predicted octanol–water partition coefficient (Wildman–Crippen LogP) is 0.828. The van der Waals surface area contributed by atoms with Crippen molar-refractivity contribution in [3.63, 3.8) is 0 Å². The summed E-state index contributed by atoms with van der Waals surface area (Å²) in [6.07, 6.45) is 1.59. The van der Waals surface area contributed by atoms with E-state index >= 15 is 0 Å². The van der Waals surface area contributed by atoms with E-state index in [9.17, 15) is 9.59 Å². The maximum atomic E-state index is 12.0. The minimum absolute atomic E-state index is 0.00322. The number of carbonyl (C=O) groups excluding carboxylic acids is 2. The van der Waals surface area contributed by atoms with Crippen molar-refractivity contribution in [2.24, 2.45) is 5.73 Å². The second kappa shape index (κ2) is 6.44. The molecule has 0 aliphatic carbocycles. The summed E-state index contributed by atoms with van der Waals surface area (Å²) >= 11 is 4.95. The normalized spacial score (nSPS) is 13.3. The number of unbranched alkanes of at least 4 members (excludes halogenated alkanes) is 1. The first-order valence-corrected chi connectivity index (χ1v) is 6.67. The molecule has 6 nitrogen and oxygen atoms in total. The van der Waals surface area contributed by atoms with Crippen molar-refractivity contribution in [1.29, 1.82) is 0 Å². The molecule has 1 heterocycles. The number of hydrogen-bond donors (Lipinski definition) is 2. The Hall–Kier alpha value is -1.99. The lowest BCUT2D eigenvalue weighted by molar-refractivity contribution is 0.0595. The quantitative estimate of drug-likeness (QED) is 0.475. The smallest absolute Gasteiger partial charge is 0.280 e. The molecular weight excluding hydrogens is 278 g/mol. The van der Waals surface area contributed by atoms with E-state index < -0.39 is 11.8 Å². The average Bonchev–Trinajstić information content (AvgIpc) is 2.69. The number of hydrogen-bond acceptors (Lipinski definition) is 5. The Labute approximate surface area is 121 Å². The molecule has 0 aromatic heterocycles. The molecule has 0 bridgehead atoms. The Bertz CT molecular complexity index is 512. The second-order valence-electron chi connectivity index (χ2n) is 4.23. The lowest BCUT2D eigenvalue weighted by Gasteiger charge is -2.17. The van der Waals surface area contributed by atoms with Crippen LogP contribution < -0.4 is 11.2 Å². The maximum Gasteiger partial charge on any atom is 0.280 e. The summed E-state index contributed by atoms with van der Waals surface area (Å²) in [5.74, 6) is -0.864. The van der Waals surface area contributed by atoms with Crippen molar-refractivity contribution < 1.29 is 14.3 Å². The van der Waals surface area contributed by atoms with Crippen LogP contribution in [0.4, 0.5) is 0 Å². The summed E-state index contributed by atoms with van der Waals surface area (Å²) in [7, 11) is 0. The van der Waals surface area contributed by atoms with Crippen LogP contribution in [-0.2, 0) is 4.74 Å². The molecular formula is C13H15N3O3S. The van der Waals surface area contributed by atoms with E-state index in [0.717, 1.165) is 17.9 Å². The third kappa shape index (κ3) is 2.94. The fourth-order valence-corrected chi connectivity index (χ4v) is 2.00. The van der Waals surface area contributed by atoms with Crippen molar-refractivity contribution in [2.45, 2.75) is 12.8 Å². The topological polar surface area (TPSA) is 84.7 Å². The third-order valence-electron chi connectivity index (χ3n) is 2.83. The largest absolute Gasteiger partial charge is 0.470 e. The van der Waals surface area contributed by atoms with Gasteiger partial charge in [0.15, 0.2) is 0 Å². The molecule has 1 aromatic carbocycles. The molecule has 106 valence electrons. The number of rotatable bonds is 5. The van der Waals surface area contributed by atoms with E-state index in [4.69, 9.17) is 22.7 Å². The number of fused-ring (bicyclic) bond motifs is 1. The van der Waals surface area contributed by atoms with E-state index in [1.807, 2.05) is 0 Å². The zero-order chi connectivity index (χ0) is 14.5. The minimum Gasteiger partial charge on any atom is -0.470 e. The van der Waals surface area contributed by atoms with Gasteiger partial charge in [0.05, 0.1) is 17.7 Å². The molecule has 0 fully saturated rings. The molecule has 0 radical (unpaired) electrons. The molecule has 0 saturated carbocycles. The first-order valence-electron chi connectivity index (χ1n) is 6.26. The number of imide groups is 1. The summed E-state index contributed by atoms with van der Waals surface area (Å²) in [5.41, 5.74) is 8.59.